The van der Waals surface area contributed by atoms with Crippen LogP contribution in [0.15, 0.2) is 34.2 Å². The SMILES string of the molecule is CCNC(=NCCCCn1ccccc1=O)NCCC(=O)N(CC)CC. The standard InChI is InChI=1S/C19H33N5O2/c1-4-20-19(22-14-12-18(26)23(5-2)6-3)21-13-8-10-16-24-15-9-7-11-17(24)25/h7,9,11,15H,4-6,8,10,12-14,16H2,1-3H3,(H2,20,21,22). The Hall–Kier alpha value is -2.31. The van der Waals surface area contributed by atoms with E-state index in [4.69, 9.17) is 0 Å². The largest absolute Gasteiger partial charge is 0.357 e. The molecule has 0 saturated heterocycles. The molecule has 0 saturated carbocycles. The average Bonchev–Trinajstić information content (AvgIpc) is 2.64. The summed E-state index contributed by atoms with van der Waals surface area (Å²) in [4.78, 5) is 30.0. The predicted octanol–water partition coefficient (Wildman–Crippen LogP) is 1.44. The van der Waals surface area contributed by atoms with Crippen LogP contribution in [0.25, 0.3) is 0 Å². The van der Waals surface area contributed by atoms with Crippen LogP contribution in [0.3, 0.4) is 0 Å². The zero-order chi connectivity index (χ0) is 19.2. The van der Waals surface area contributed by atoms with Crippen molar-refractivity contribution in [1.29, 1.82) is 0 Å². The van der Waals surface area contributed by atoms with Gasteiger partial charge >= 0.3 is 0 Å². The maximum absolute atomic E-state index is 12.0. The highest BCUT2D eigenvalue weighted by atomic mass is 16.2. The molecule has 0 atom stereocenters. The first-order valence-corrected chi connectivity index (χ1v) is 9.57. The topological polar surface area (TPSA) is 78.7 Å². The van der Waals surface area contributed by atoms with Crippen LogP contribution in [0.2, 0.25) is 0 Å². The summed E-state index contributed by atoms with van der Waals surface area (Å²) in [6, 6.07) is 5.19. The average molecular weight is 364 g/mol. The van der Waals surface area contributed by atoms with Crippen molar-refractivity contribution in [3.8, 4) is 0 Å². The van der Waals surface area contributed by atoms with Crippen molar-refractivity contribution >= 4 is 11.9 Å². The van der Waals surface area contributed by atoms with Crippen LogP contribution < -0.4 is 16.2 Å². The molecule has 7 nitrogen and oxygen atoms in total. The summed E-state index contributed by atoms with van der Waals surface area (Å²) in [5.41, 5.74) is 0.0314. The molecule has 0 aliphatic heterocycles. The third kappa shape index (κ3) is 8.18. The number of guanidine groups is 1. The minimum Gasteiger partial charge on any atom is -0.357 e. The smallest absolute Gasteiger partial charge is 0.250 e. The van der Waals surface area contributed by atoms with Gasteiger partial charge in [0.05, 0.1) is 0 Å². The Morgan fingerprint density at radius 2 is 1.92 bits per heavy atom. The summed E-state index contributed by atoms with van der Waals surface area (Å²) in [5, 5.41) is 6.40. The van der Waals surface area contributed by atoms with Crippen LogP contribution in [-0.2, 0) is 11.3 Å². The quantitative estimate of drug-likeness (QED) is 0.354. The van der Waals surface area contributed by atoms with Crippen molar-refractivity contribution in [1.82, 2.24) is 20.1 Å². The van der Waals surface area contributed by atoms with Gasteiger partial charge in [-0.25, -0.2) is 0 Å². The number of unbranched alkanes of at least 4 members (excludes halogenated alkanes) is 1. The summed E-state index contributed by atoms with van der Waals surface area (Å²) < 4.78 is 1.71. The summed E-state index contributed by atoms with van der Waals surface area (Å²) in [7, 11) is 0. The summed E-state index contributed by atoms with van der Waals surface area (Å²) in [6.07, 6.45) is 4.07. The third-order valence-electron chi connectivity index (χ3n) is 4.07. The molecular formula is C19H33N5O2. The van der Waals surface area contributed by atoms with Gasteiger partial charge in [-0.15, -0.1) is 0 Å². The number of aryl methyl sites for hydroxylation is 1. The number of rotatable bonds is 11. The molecule has 26 heavy (non-hydrogen) atoms. The predicted molar refractivity (Wildman–Crippen MR) is 106 cm³/mol. The number of hydrogen-bond donors (Lipinski definition) is 2. The van der Waals surface area contributed by atoms with E-state index in [1.807, 2.05) is 37.9 Å². The van der Waals surface area contributed by atoms with Crippen molar-refractivity contribution in [2.75, 3.05) is 32.7 Å². The first-order chi connectivity index (χ1) is 12.6. The molecular weight excluding hydrogens is 330 g/mol. The molecule has 0 aromatic carbocycles. The van der Waals surface area contributed by atoms with Gasteiger partial charge < -0.3 is 20.1 Å². The Balaban J connectivity index is 2.33. The fraction of sp³-hybridized carbons (Fsp3) is 0.632. The second-order valence-corrected chi connectivity index (χ2v) is 5.94. The van der Waals surface area contributed by atoms with E-state index >= 15 is 0 Å². The molecule has 0 radical (unpaired) electrons. The molecule has 0 aliphatic rings. The van der Waals surface area contributed by atoms with Crippen LogP contribution in [0.1, 0.15) is 40.0 Å². The number of amides is 1. The summed E-state index contributed by atoms with van der Waals surface area (Å²) >= 11 is 0. The van der Waals surface area contributed by atoms with Gasteiger partial charge in [0.2, 0.25) is 11.5 Å². The number of nitrogens with one attached hydrogen (secondary N) is 2. The number of nitrogens with zero attached hydrogens (tertiary/aromatic N) is 3. The number of aromatic nitrogens is 1. The van der Waals surface area contributed by atoms with Crippen molar-refractivity contribution in [3.05, 3.63) is 34.7 Å². The van der Waals surface area contributed by atoms with E-state index in [-0.39, 0.29) is 11.5 Å². The van der Waals surface area contributed by atoms with E-state index in [1.54, 1.807) is 16.7 Å². The Labute approximate surface area is 156 Å². The Morgan fingerprint density at radius 3 is 2.58 bits per heavy atom. The van der Waals surface area contributed by atoms with Crippen LogP contribution in [0, 0.1) is 0 Å². The van der Waals surface area contributed by atoms with Gasteiger partial charge in [0.15, 0.2) is 5.96 Å². The molecule has 0 aliphatic carbocycles. The Kier molecular flexibility index (Phi) is 10.8. The number of carbonyl (C=O) groups excluding carboxylic acids is 1. The molecule has 1 amide bonds. The van der Waals surface area contributed by atoms with Crippen molar-refractivity contribution < 1.29 is 4.79 Å². The van der Waals surface area contributed by atoms with Crippen molar-refractivity contribution in [3.63, 3.8) is 0 Å². The molecule has 0 unspecified atom stereocenters. The van der Waals surface area contributed by atoms with Crippen molar-refractivity contribution in [2.45, 2.75) is 46.6 Å². The van der Waals surface area contributed by atoms with Crippen molar-refractivity contribution in [2.24, 2.45) is 4.99 Å². The fourth-order valence-corrected chi connectivity index (χ4v) is 2.59. The molecule has 1 aromatic heterocycles. The van der Waals surface area contributed by atoms with E-state index in [2.05, 4.69) is 15.6 Å². The molecule has 1 rings (SSSR count). The summed E-state index contributed by atoms with van der Waals surface area (Å²) in [6.45, 7) is 10.2. The number of hydrogen-bond acceptors (Lipinski definition) is 3. The van der Waals surface area contributed by atoms with Crippen LogP contribution in [-0.4, -0.2) is 54.1 Å². The van der Waals surface area contributed by atoms with Gasteiger partial charge in [0, 0.05) is 58.0 Å². The minimum absolute atomic E-state index is 0.0314. The first-order valence-electron chi connectivity index (χ1n) is 9.57. The van der Waals surface area contributed by atoms with Gasteiger partial charge in [-0.2, -0.15) is 0 Å². The molecule has 0 spiro atoms. The lowest BCUT2D eigenvalue weighted by molar-refractivity contribution is -0.130. The molecule has 0 fully saturated rings. The number of pyridine rings is 1. The Bertz CT molecular complexity index is 608. The summed E-state index contributed by atoms with van der Waals surface area (Å²) in [5.74, 6) is 0.892. The number of carbonyl (C=O) groups is 1. The highest BCUT2D eigenvalue weighted by molar-refractivity contribution is 5.81. The van der Waals surface area contributed by atoms with Gasteiger partial charge in [0.25, 0.3) is 0 Å². The lowest BCUT2D eigenvalue weighted by Crippen LogP contribution is -2.40. The maximum atomic E-state index is 12.0. The van der Waals surface area contributed by atoms with Crippen LogP contribution in [0.4, 0.5) is 0 Å². The molecule has 0 bridgehead atoms. The van der Waals surface area contributed by atoms with E-state index in [0.717, 1.165) is 38.4 Å². The second-order valence-electron chi connectivity index (χ2n) is 5.94. The van der Waals surface area contributed by atoms with Crippen LogP contribution >= 0.6 is 0 Å². The van der Waals surface area contributed by atoms with E-state index in [1.165, 1.54) is 0 Å². The maximum Gasteiger partial charge on any atom is 0.250 e. The second kappa shape index (κ2) is 13.0. The lowest BCUT2D eigenvalue weighted by atomic mass is 10.3. The third-order valence-corrected chi connectivity index (χ3v) is 4.07. The monoisotopic (exact) mass is 363 g/mol. The first kappa shape index (κ1) is 21.7. The van der Waals surface area contributed by atoms with Gasteiger partial charge in [0.1, 0.15) is 0 Å². The van der Waals surface area contributed by atoms with E-state index < -0.39 is 0 Å². The van der Waals surface area contributed by atoms with Gasteiger partial charge in [-0.1, -0.05) is 6.07 Å². The molecule has 2 N–H and O–H groups in total. The normalized spacial score (nSPS) is 11.3. The van der Waals surface area contributed by atoms with E-state index in [0.29, 0.717) is 26.1 Å². The molecule has 146 valence electrons. The molecule has 1 aromatic rings. The zero-order valence-electron chi connectivity index (χ0n) is 16.3. The van der Waals surface area contributed by atoms with Gasteiger partial charge in [-0.05, 0) is 39.7 Å². The lowest BCUT2D eigenvalue weighted by Gasteiger charge is -2.19. The minimum atomic E-state index is 0.0314. The van der Waals surface area contributed by atoms with Crippen LogP contribution in [0.5, 0.6) is 0 Å². The number of aliphatic imine (C=N–C) groups is 1. The Morgan fingerprint density at radius 1 is 1.15 bits per heavy atom. The zero-order valence-corrected chi connectivity index (χ0v) is 16.3. The fourth-order valence-electron chi connectivity index (χ4n) is 2.59. The van der Waals surface area contributed by atoms with E-state index in [9.17, 15) is 9.59 Å². The van der Waals surface area contributed by atoms with Gasteiger partial charge in [-0.3, -0.25) is 14.6 Å². The highest BCUT2D eigenvalue weighted by Crippen LogP contribution is 1.95. The molecule has 7 heteroatoms. The highest BCUT2D eigenvalue weighted by Gasteiger charge is 2.08. The molecule has 1 heterocycles.